The maximum Gasteiger partial charge on any atom is 0.387 e. The van der Waals surface area contributed by atoms with Crippen LogP contribution in [0.3, 0.4) is 0 Å². The molecule has 23 heavy (non-hydrogen) atoms. The van der Waals surface area contributed by atoms with E-state index in [2.05, 4.69) is 10.1 Å². The lowest BCUT2D eigenvalue weighted by molar-refractivity contribution is -0.0512. The number of ether oxygens (including phenoxy) is 2. The quantitative estimate of drug-likeness (QED) is 0.832. The summed E-state index contributed by atoms with van der Waals surface area (Å²) >= 11 is 1.38. The van der Waals surface area contributed by atoms with Crippen molar-refractivity contribution in [3.05, 3.63) is 45.6 Å². The van der Waals surface area contributed by atoms with Crippen LogP contribution in [-0.2, 0) is 13.0 Å². The summed E-state index contributed by atoms with van der Waals surface area (Å²) in [7, 11) is 1.37. The average Bonchev–Trinajstić information content (AvgIpc) is 3.01. The molecule has 1 heterocycles. The molecule has 0 atom stereocenters. The number of nitrogens with one attached hydrogen (secondary N) is 1. The van der Waals surface area contributed by atoms with Crippen LogP contribution < -0.4 is 14.8 Å². The minimum absolute atomic E-state index is 0.0559. The Labute approximate surface area is 137 Å². The van der Waals surface area contributed by atoms with E-state index in [0.717, 1.165) is 12.0 Å². The molecular formula is C16H17F2NO3S. The maximum atomic E-state index is 12.4. The predicted molar refractivity (Wildman–Crippen MR) is 84.5 cm³/mol. The molecule has 0 radical (unpaired) electrons. The number of halogens is 2. The number of benzene rings is 1. The van der Waals surface area contributed by atoms with Crippen molar-refractivity contribution in [1.82, 2.24) is 5.32 Å². The number of aryl methyl sites for hydroxylation is 1. The summed E-state index contributed by atoms with van der Waals surface area (Å²) in [6.45, 7) is -0.744. The van der Waals surface area contributed by atoms with Crippen molar-refractivity contribution in [3.8, 4) is 11.5 Å². The van der Waals surface area contributed by atoms with E-state index < -0.39 is 6.61 Å². The molecule has 0 aliphatic carbocycles. The molecule has 0 spiro atoms. The normalized spacial score (nSPS) is 10.7. The third kappa shape index (κ3) is 4.41. The minimum atomic E-state index is -2.94. The number of hydrogen-bond acceptors (Lipinski definition) is 4. The van der Waals surface area contributed by atoms with Crippen LogP contribution >= 0.6 is 11.3 Å². The number of carbonyl (C=O) groups excluding carboxylic acids is 1. The van der Waals surface area contributed by atoms with Gasteiger partial charge in [0.2, 0.25) is 0 Å². The third-order valence-corrected chi connectivity index (χ3v) is 4.19. The molecule has 1 aromatic heterocycles. The second kappa shape index (κ2) is 7.92. The molecule has 0 saturated heterocycles. The lowest BCUT2D eigenvalue weighted by Gasteiger charge is -2.12. The zero-order valence-electron chi connectivity index (χ0n) is 12.8. The Morgan fingerprint density at radius 2 is 2.09 bits per heavy atom. The zero-order valence-corrected chi connectivity index (χ0v) is 13.6. The van der Waals surface area contributed by atoms with Crippen LogP contribution in [0.2, 0.25) is 0 Å². The highest BCUT2D eigenvalue weighted by Gasteiger charge is 2.14. The van der Waals surface area contributed by atoms with Crippen molar-refractivity contribution in [2.24, 2.45) is 0 Å². The number of hydrogen-bond donors (Lipinski definition) is 1. The number of alkyl halides is 2. The van der Waals surface area contributed by atoms with Crippen molar-refractivity contribution in [3.63, 3.8) is 0 Å². The van der Waals surface area contributed by atoms with Gasteiger partial charge in [-0.15, -0.1) is 11.3 Å². The van der Waals surface area contributed by atoms with Gasteiger partial charge >= 0.3 is 6.61 Å². The Kier molecular flexibility index (Phi) is 5.92. The second-order valence-corrected chi connectivity index (χ2v) is 5.59. The van der Waals surface area contributed by atoms with Crippen LogP contribution in [0.1, 0.15) is 27.7 Å². The van der Waals surface area contributed by atoms with Gasteiger partial charge in [0, 0.05) is 6.54 Å². The molecular weight excluding hydrogens is 324 g/mol. The van der Waals surface area contributed by atoms with Gasteiger partial charge < -0.3 is 14.8 Å². The van der Waals surface area contributed by atoms with E-state index in [4.69, 9.17) is 4.74 Å². The first-order valence-corrected chi connectivity index (χ1v) is 7.89. The van der Waals surface area contributed by atoms with E-state index in [9.17, 15) is 13.6 Å². The molecule has 0 saturated carbocycles. The molecule has 0 aliphatic rings. The molecule has 0 aliphatic heterocycles. The highest BCUT2D eigenvalue weighted by Crippen LogP contribution is 2.29. The molecule has 1 aromatic carbocycles. The molecule has 2 rings (SSSR count). The zero-order chi connectivity index (χ0) is 16.8. The van der Waals surface area contributed by atoms with Crippen LogP contribution in [-0.4, -0.2) is 19.6 Å². The van der Waals surface area contributed by atoms with Crippen LogP contribution in [0.25, 0.3) is 0 Å². The van der Waals surface area contributed by atoms with Crippen LogP contribution in [0.15, 0.2) is 29.6 Å². The molecule has 124 valence electrons. The van der Waals surface area contributed by atoms with Crippen LogP contribution in [0.5, 0.6) is 11.5 Å². The van der Waals surface area contributed by atoms with Crippen LogP contribution in [0, 0.1) is 0 Å². The van der Waals surface area contributed by atoms with Crippen molar-refractivity contribution < 1.29 is 23.0 Å². The molecule has 0 fully saturated rings. The number of thiophene rings is 1. The van der Waals surface area contributed by atoms with E-state index in [0.29, 0.717) is 10.4 Å². The largest absolute Gasteiger partial charge is 0.493 e. The Morgan fingerprint density at radius 1 is 1.30 bits per heavy atom. The van der Waals surface area contributed by atoms with E-state index in [1.54, 1.807) is 6.07 Å². The SMILES string of the molecule is CCc1ccsc1C(=O)NCc1ccc(OC)c(OC(F)F)c1. The Morgan fingerprint density at radius 3 is 2.74 bits per heavy atom. The number of methoxy groups -OCH3 is 1. The first kappa shape index (κ1) is 17.2. The lowest BCUT2D eigenvalue weighted by atomic mass is 10.2. The fourth-order valence-corrected chi connectivity index (χ4v) is 3.01. The topological polar surface area (TPSA) is 47.6 Å². The number of amides is 1. The van der Waals surface area contributed by atoms with Gasteiger partial charge in [-0.05, 0) is 41.1 Å². The fraction of sp³-hybridized carbons (Fsp3) is 0.312. The Balaban J connectivity index is 2.07. The Hall–Kier alpha value is -2.15. The van der Waals surface area contributed by atoms with Gasteiger partial charge in [-0.3, -0.25) is 4.79 Å². The van der Waals surface area contributed by atoms with E-state index in [-0.39, 0.29) is 24.0 Å². The smallest absolute Gasteiger partial charge is 0.387 e. The monoisotopic (exact) mass is 341 g/mol. The predicted octanol–water partition coefficient (Wildman–Crippen LogP) is 3.85. The average molecular weight is 341 g/mol. The number of carbonyl (C=O) groups is 1. The van der Waals surface area contributed by atoms with Gasteiger partial charge in [0.15, 0.2) is 11.5 Å². The maximum absolute atomic E-state index is 12.4. The lowest BCUT2D eigenvalue weighted by Crippen LogP contribution is -2.22. The van der Waals surface area contributed by atoms with Gasteiger partial charge in [0.25, 0.3) is 5.91 Å². The number of rotatable bonds is 7. The van der Waals surface area contributed by atoms with Gasteiger partial charge in [0.05, 0.1) is 12.0 Å². The summed E-state index contributed by atoms with van der Waals surface area (Å²) < 4.78 is 34.2. The fourth-order valence-electron chi connectivity index (χ4n) is 2.10. The summed E-state index contributed by atoms with van der Waals surface area (Å²) in [5.74, 6) is -0.0180. The van der Waals surface area contributed by atoms with Gasteiger partial charge in [-0.1, -0.05) is 13.0 Å². The minimum Gasteiger partial charge on any atom is -0.493 e. The van der Waals surface area contributed by atoms with Crippen molar-refractivity contribution in [1.29, 1.82) is 0 Å². The Bertz CT molecular complexity index is 673. The van der Waals surface area contributed by atoms with Crippen molar-refractivity contribution in [2.45, 2.75) is 26.5 Å². The first-order chi connectivity index (χ1) is 11.0. The van der Waals surface area contributed by atoms with Gasteiger partial charge in [-0.25, -0.2) is 0 Å². The molecule has 4 nitrogen and oxygen atoms in total. The summed E-state index contributed by atoms with van der Waals surface area (Å²) in [6.07, 6.45) is 0.779. The van der Waals surface area contributed by atoms with Crippen molar-refractivity contribution in [2.75, 3.05) is 7.11 Å². The van der Waals surface area contributed by atoms with Gasteiger partial charge in [0.1, 0.15) is 0 Å². The van der Waals surface area contributed by atoms with Crippen molar-refractivity contribution >= 4 is 17.2 Å². The molecule has 1 amide bonds. The summed E-state index contributed by atoms with van der Waals surface area (Å²) in [5.41, 5.74) is 1.63. The summed E-state index contributed by atoms with van der Waals surface area (Å²) in [5, 5.41) is 4.65. The molecule has 7 heteroatoms. The molecule has 0 unspecified atom stereocenters. The van der Waals surface area contributed by atoms with Crippen LogP contribution in [0.4, 0.5) is 8.78 Å². The molecule has 1 N–H and O–H groups in total. The molecule has 2 aromatic rings. The van der Waals surface area contributed by atoms with Gasteiger partial charge in [-0.2, -0.15) is 8.78 Å². The van der Waals surface area contributed by atoms with E-state index in [1.165, 1.54) is 30.6 Å². The third-order valence-electron chi connectivity index (χ3n) is 3.23. The highest BCUT2D eigenvalue weighted by atomic mass is 32.1. The van der Waals surface area contributed by atoms with E-state index >= 15 is 0 Å². The highest BCUT2D eigenvalue weighted by molar-refractivity contribution is 7.12. The molecule has 0 bridgehead atoms. The summed E-state index contributed by atoms with van der Waals surface area (Å²) in [6, 6.07) is 6.57. The first-order valence-electron chi connectivity index (χ1n) is 7.01. The summed E-state index contributed by atoms with van der Waals surface area (Å²) in [4.78, 5) is 12.8. The standard InChI is InChI=1S/C16H17F2NO3S/c1-3-11-6-7-23-14(11)15(20)19-9-10-4-5-12(21-2)13(8-10)22-16(17)18/h4-8,16H,3,9H2,1-2H3,(H,19,20). The van der Waals surface area contributed by atoms with E-state index in [1.807, 2.05) is 18.4 Å². The second-order valence-electron chi connectivity index (χ2n) is 4.67.